The molecule has 2 rings (SSSR count). The number of ether oxygens (including phenoxy) is 9. The fourth-order valence-corrected chi connectivity index (χ4v) is 4.95. The van der Waals surface area contributed by atoms with Crippen LogP contribution in [0.4, 0.5) is 13.2 Å². The number of alkyl halides is 3. The highest BCUT2D eigenvalue weighted by Crippen LogP contribution is 2.34. The largest absolute Gasteiger partial charge is 0.471 e. The molecule has 282 valence electrons. The zero-order chi connectivity index (χ0) is 38.1. The third-order valence-electron chi connectivity index (χ3n) is 6.60. The minimum absolute atomic E-state index is 0.679. The average molecular weight is 731 g/mol. The predicted molar refractivity (Wildman–Crippen MR) is 149 cm³/mol. The molecule has 0 bridgehead atoms. The molecule has 0 aromatic heterocycles. The van der Waals surface area contributed by atoms with Gasteiger partial charge in [-0.25, -0.2) is 0 Å². The van der Waals surface area contributed by atoms with Crippen LogP contribution < -0.4 is 10.6 Å². The summed E-state index contributed by atoms with van der Waals surface area (Å²) in [5, 5.41) is 3.94. The first-order valence-corrected chi connectivity index (χ1v) is 14.7. The van der Waals surface area contributed by atoms with E-state index in [9.17, 15) is 51.5 Å². The molecule has 22 heteroatoms. The van der Waals surface area contributed by atoms with E-state index < -0.39 is 128 Å². The zero-order valence-electron chi connectivity index (χ0n) is 27.8. The number of amides is 2. The molecule has 2 fully saturated rings. The van der Waals surface area contributed by atoms with Crippen LogP contribution in [0.15, 0.2) is 0 Å². The molecule has 0 aromatic carbocycles. The van der Waals surface area contributed by atoms with Gasteiger partial charge in [-0.3, -0.25) is 38.4 Å². The monoisotopic (exact) mass is 730 g/mol. The Morgan fingerprint density at radius 3 is 1.36 bits per heavy atom. The van der Waals surface area contributed by atoms with Crippen LogP contribution in [0.5, 0.6) is 0 Å². The van der Waals surface area contributed by atoms with E-state index in [2.05, 4.69) is 5.32 Å². The molecule has 2 amide bonds. The van der Waals surface area contributed by atoms with Crippen molar-refractivity contribution in [2.45, 2.75) is 116 Å². The predicted octanol–water partition coefficient (Wildman–Crippen LogP) is -1.14. The minimum atomic E-state index is -5.51. The summed E-state index contributed by atoms with van der Waals surface area (Å²) < 4.78 is 88.9. The van der Waals surface area contributed by atoms with Gasteiger partial charge < -0.3 is 53.3 Å². The van der Waals surface area contributed by atoms with Crippen LogP contribution in [0.1, 0.15) is 48.5 Å². The summed E-state index contributed by atoms with van der Waals surface area (Å²) >= 11 is 0. The van der Waals surface area contributed by atoms with Gasteiger partial charge in [-0.1, -0.05) is 0 Å². The molecular weight excluding hydrogens is 693 g/mol. The van der Waals surface area contributed by atoms with Crippen molar-refractivity contribution in [3.63, 3.8) is 0 Å². The van der Waals surface area contributed by atoms with Crippen LogP contribution in [0.3, 0.4) is 0 Å². The number of carbonyl (C=O) groups is 8. The van der Waals surface area contributed by atoms with Gasteiger partial charge in [0.2, 0.25) is 12.2 Å². The molecule has 2 saturated heterocycles. The summed E-state index contributed by atoms with van der Waals surface area (Å²) in [7, 11) is 0. The summed E-state index contributed by atoms with van der Waals surface area (Å²) in [6.07, 6.45) is -20.0. The van der Waals surface area contributed by atoms with Crippen molar-refractivity contribution < 1.29 is 94.2 Å². The topological polar surface area (TPSA) is 244 Å². The smallest absolute Gasteiger partial charge is 0.463 e. The van der Waals surface area contributed by atoms with Gasteiger partial charge in [-0.2, -0.15) is 13.2 Å². The Bertz CT molecular complexity index is 1310. The van der Waals surface area contributed by atoms with Crippen molar-refractivity contribution in [2.24, 2.45) is 0 Å². The Balaban J connectivity index is 2.79. The van der Waals surface area contributed by atoms with E-state index in [4.69, 9.17) is 42.6 Å². The standard InChI is InChI=1S/C28H37F3N2O17/c1-10(34)32-19-23(45-14(5)38)21(44-13(4)37)17(8-42-11(2)35)49-26(19)50-22-18(9-43-12(3)36)48-25(47-16(7)40)20(24(22)46-15(6)39)33-27(41)28(29,30)31/h17-26H,8-9H2,1-7H3,(H,32,34)(H,33,41)/t17-,18-,19-,20-,21-,22-,23-,24-,25+,26+/m1/s1. The first kappa shape index (κ1) is 41.6. The van der Waals surface area contributed by atoms with E-state index in [0.717, 1.165) is 48.5 Å². The average Bonchev–Trinajstić information content (AvgIpc) is 2.95. The Labute approximate surface area is 281 Å². The molecule has 0 spiro atoms. The van der Waals surface area contributed by atoms with Crippen LogP contribution in [0.25, 0.3) is 0 Å². The van der Waals surface area contributed by atoms with E-state index in [1.807, 2.05) is 0 Å². The fourth-order valence-electron chi connectivity index (χ4n) is 4.95. The van der Waals surface area contributed by atoms with E-state index >= 15 is 0 Å². The van der Waals surface area contributed by atoms with Crippen LogP contribution in [-0.4, -0.2) is 128 Å². The first-order valence-electron chi connectivity index (χ1n) is 14.7. The van der Waals surface area contributed by atoms with E-state index in [1.54, 1.807) is 5.32 Å². The molecule has 2 heterocycles. The third kappa shape index (κ3) is 12.4. The summed E-state index contributed by atoms with van der Waals surface area (Å²) in [4.78, 5) is 96.5. The lowest BCUT2D eigenvalue weighted by Crippen LogP contribution is -2.71. The van der Waals surface area contributed by atoms with E-state index in [1.165, 1.54) is 0 Å². The number of halogens is 3. The number of nitrogens with one attached hydrogen (secondary N) is 2. The molecule has 2 N–H and O–H groups in total. The molecule has 0 saturated carbocycles. The van der Waals surface area contributed by atoms with Gasteiger partial charge >= 0.3 is 47.9 Å². The molecular formula is C28H37F3N2O17. The van der Waals surface area contributed by atoms with Crippen molar-refractivity contribution in [2.75, 3.05) is 13.2 Å². The molecule has 0 aromatic rings. The molecule has 0 aliphatic carbocycles. The maximum atomic E-state index is 13.4. The van der Waals surface area contributed by atoms with Gasteiger partial charge in [0.05, 0.1) is 0 Å². The Kier molecular flexibility index (Phi) is 14.9. The van der Waals surface area contributed by atoms with Crippen molar-refractivity contribution in [3.8, 4) is 0 Å². The van der Waals surface area contributed by atoms with Crippen molar-refractivity contribution >= 4 is 47.6 Å². The summed E-state index contributed by atoms with van der Waals surface area (Å²) in [6, 6.07) is -3.80. The normalized spacial score (nSPS) is 29.3. The second kappa shape index (κ2) is 17.9. The lowest BCUT2D eigenvalue weighted by Gasteiger charge is -2.49. The van der Waals surface area contributed by atoms with E-state index in [-0.39, 0.29) is 0 Å². The summed E-state index contributed by atoms with van der Waals surface area (Å²) in [6.45, 7) is 5.19. The molecule has 2 aliphatic rings. The molecule has 0 unspecified atom stereocenters. The quantitative estimate of drug-likeness (QED) is 0.178. The number of hydrogen-bond acceptors (Lipinski definition) is 17. The first-order chi connectivity index (χ1) is 23.1. The molecule has 50 heavy (non-hydrogen) atoms. The highest BCUT2D eigenvalue weighted by atomic mass is 19.4. The van der Waals surface area contributed by atoms with Gasteiger partial charge in [0, 0.05) is 48.5 Å². The van der Waals surface area contributed by atoms with E-state index in [0.29, 0.717) is 0 Å². The SMILES string of the molecule is CC(=O)N[C@H]1[C@H](O[C@H]2[C@H](OC(C)=O)[C@@H](NC(=O)C(F)(F)F)[C@@H](OC(C)=O)O[C@@H]2COC(C)=O)O[C@H](COC(C)=O)[C@@H](OC(C)=O)[C@@H]1OC(C)=O. The Hall–Kier alpha value is -4.57. The van der Waals surface area contributed by atoms with Gasteiger partial charge in [-0.15, -0.1) is 0 Å². The van der Waals surface area contributed by atoms with Crippen molar-refractivity contribution in [1.82, 2.24) is 10.6 Å². The number of esters is 6. The van der Waals surface area contributed by atoms with Gasteiger partial charge in [0.25, 0.3) is 0 Å². The third-order valence-corrected chi connectivity index (χ3v) is 6.60. The Morgan fingerprint density at radius 2 is 0.940 bits per heavy atom. The molecule has 19 nitrogen and oxygen atoms in total. The number of hydrogen-bond donors (Lipinski definition) is 2. The summed E-state index contributed by atoms with van der Waals surface area (Å²) in [5.41, 5.74) is 0. The second-order valence-corrected chi connectivity index (χ2v) is 10.8. The molecule has 2 aliphatic heterocycles. The van der Waals surface area contributed by atoms with Gasteiger partial charge in [0.15, 0.2) is 24.6 Å². The lowest BCUT2D eigenvalue weighted by atomic mass is 9.94. The number of rotatable bonds is 12. The van der Waals surface area contributed by atoms with Crippen molar-refractivity contribution in [1.29, 1.82) is 0 Å². The zero-order valence-corrected chi connectivity index (χ0v) is 27.8. The van der Waals surface area contributed by atoms with Crippen LogP contribution in [0.2, 0.25) is 0 Å². The number of carbonyl (C=O) groups excluding carboxylic acids is 8. The second-order valence-electron chi connectivity index (χ2n) is 10.8. The van der Waals surface area contributed by atoms with Gasteiger partial charge in [-0.05, 0) is 0 Å². The highest BCUT2D eigenvalue weighted by molar-refractivity contribution is 5.82. The summed E-state index contributed by atoms with van der Waals surface area (Å²) in [5.74, 6) is -9.31. The molecule has 0 radical (unpaired) electrons. The van der Waals surface area contributed by atoms with Crippen LogP contribution in [-0.2, 0) is 81.0 Å². The van der Waals surface area contributed by atoms with Crippen LogP contribution in [0, 0.1) is 0 Å². The minimum Gasteiger partial charge on any atom is -0.463 e. The lowest BCUT2D eigenvalue weighted by molar-refractivity contribution is -0.331. The Morgan fingerprint density at radius 1 is 0.540 bits per heavy atom. The van der Waals surface area contributed by atoms with Crippen molar-refractivity contribution in [3.05, 3.63) is 0 Å². The van der Waals surface area contributed by atoms with Crippen LogP contribution >= 0.6 is 0 Å². The fraction of sp³-hybridized carbons (Fsp3) is 0.714. The maximum Gasteiger partial charge on any atom is 0.471 e. The maximum absolute atomic E-state index is 13.4. The van der Waals surface area contributed by atoms with Gasteiger partial charge in [0.1, 0.15) is 43.6 Å². The molecule has 10 atom stereocenters. The highest BCUT2D eigenvalue weighted by Gasteiger charge is 2.57.